The Hall–Kier alpha value is -2.37. The number of carbonyl (C=O) groups excluding carboxylic acids is 1. The van der Waals surface area contributed by atoms with E-state index in [-0.39, 0.29) is 18.7 Å². The van der Waals surface area contributed by atoms with Crippen molar-refractivity contribution < 1.29 is 14.6 Å². The van der Waals surface area contributed by atoms with Crippen LogP contribution in [-0.2, 0) is 11.2 Å². The molecule has 0 spiro atoms. The minimum absolute atomic E-state index is 0.198. The van der Waals surface area contributed by atoms with Crippen LogP contribution in [0.1, 0.15) is 17.2 Å². The van der Waals surface area contributed by atoms with Gasteiger partial charge in [0, 0.05) is 26.6 Å². The van der Waals surface area contributed by atoms with Gasteiger partial charge in [0.1, 0.15) is 0 Å². The van der Waals surface area contributed by atoms with Crippen LogP contribution in [0.25, 0.3) is 0 Å². The van der Waals surface area contributed by atoms with E-state index >= 15 is 0 Å². The highest BCUT2D eigenvalue weighted by Crippen LogP contribution is 2.14. The fourth-order valence-corrected chi connectivity index (χ4v) is 2.42. The molecule has 0 radical (unpaired) electrons. The number of hydrogen-bond acceptors (Lipinski definition) is 3. The van der Waals surface area contributed by atoms with Crippen molar-refractivity contribution in [1.29, 1.82) is 0 Å². The standard InChI is InChI=1S/C19H24N2O3/c1-24-18(16-10-6-3-7-11-16)14-21-19(23)20-13-17(22)12-15-8-4-2-5-9-15/h2-11,17-18,22H,12-14H2,1H3,(H2,20,21,23). The summed E-state index contributed by atoms with van der Waals surface area (Å²) in [6.45, 7) is 0.560. The van der Waals surface area contributed by atoms with Crippen LogP contribution in [0.15, 0.2) is 60.7 Å². The number of aliphatic hydroxyl groups excluding tert-OH is 1. The zero-order chi connectivity index (χ0) is 17.2. The van der Waals surface area contributed by atoms with Crippen molar-refractivity contribution >= 4 is 6.03 Å². The normalized spacial score (nSPS) is 13.1. The molecule has 0 aromatic heterocycles. The molecule has 2 unspecified atom stereocenters. The van der Waals surface area contributed by atoms with Crippen LogP contribution < -0.4 is 10.6 Å². The largest absolute Gasteiger partial charge is 0.391 e. The number of amides is 2. The molecule has 0 bridgehead atoms. The van der Waals surface area contributed by atoms with Gasteiger partial charge in [0.2, 0.25) is 0 Å². The van der Waals surface area contributed by atoms with Crippen molar-refractivity contribution in [3.8, 4) is 0 Å². The smallest absolute Gasteiger partial charge is 0.314 e. The average Bonchev–Trinajstić information content (AvgIpc) is 2.62. The Morgan fingerprint density at radius 1 is 1.00 bits per heavy atom. The zero-order valence-electron chi connectivity index (χ0n) is 13.8. The van der Waals surface area contributed by atoms with Crippen LogP contribution in [0, 0.1) is 0 Å². The number of benzene rings is 2. The molecule has 2 aromatic carbocycles. The van der Waals surface area contributed by atoms with E-state index in [1.165, 1.54) is 0 Å². The number of aliphatic hydroxyl groups is 1. The van der Waals surface area contributed by atoms with E-state index in [2.05, 4.69) is 10.6 Å². The lowest BCUT2D eigenvalue weighted by atomic mass is 10.1. The Bertz CT molecular complexity index is 605. The summed E-state index contributed by atoms with van der Waals surface area (Å²) >= 11 is 0. The molecular weight excluding hydrogens is 304 g/mol. The molecule has 0 heterocycles. The second-order valence-corrected chi connectivity index (χ2v) is 5.57. The van der Waals surface area contributed by atoms with Gasteiger partial charge in [0.05, 0.1) is 12.2 Å². The highest BCUT2D eigenvalue weighted by molar-refractivity contribution is 5.73. The number of urea groups is 1. The number of carbonyl (C=O) groups is 1. The lowest BCUT2D eigenvalue weighted by Crippen LogP contribution is -2.41. The quantitative estimate of drug-likeness (QED) is 0.696. The van der Waals surface area contributed by atoms with Crippen LogP contribution in [0.5, 0.6) is 0 Å². The molecule has 128 valence electrons. The lowest BCUT2D eigenvalue weighted by Gasteiger charge is -2.17. The summed E-state index contributed by atoms with van der Waals surface area (Å²) in [5, 5.41) is 15.4. The molecule has 2 atom stereocenters. The van der Waals surface area contributed by atoms with E-state index < -0.39 is 6.10 Å². The van der Waals surface area contributed by atoms with Gasteiger partial charge in [-0.05, 0) is 11.1 Å². The summed E-state index contributed by atoms with van der Waals surface area (Å²) in [5.41, 5.74) is 2.04. The molecule has 2 rings (SSSR count). The highest BCUT2D eigenvalue weighted by atomic mass is 16.5. The maximum Gasteiger partial charge on any atom is 0.314 e. The van der Waals surface area contributed by atoms with E-state index in [0.717, 1.165) is 11.1 Å². The third-order valence-electron chi connectivity index (χ3n) is 3.72. The molecular formula is C19H24N2O3. The van der Waals surface area contributed by atoms with Crippen molar-refractivity contribution in [1.82, 2.24) is 10.6 Å². The van der Waals surface area contributed by atoms with Crippen molar-refractivity contribution in [3.05, 3.63) is 71.8 Å². The molecule has 5 nitrogen and oxygen atoms in total. The number of rotatable bonds is 8. The molecule has 2 aromatic rings. The van der Waals surface area contributed by atoms with Crippen LogP contribution in [0.4, 0.5) is 4.79 Å². The van der Waals surface area contributed by atoms with E-state index in [9.17, 15) is 9.90 Å². The van der Waals surface area contributed by atoms with Gasteiger partial charge in [-0.15, -0.1) is 0 Å². The van der Waals surface area contributed by atoms with Crippen molar-refractivity contribution in [2.75, 3.05) is 20.2 Å². The fraction of sp³-hybridized carbons (Fsp3) is 0.316. The summed E-state index contributed by atoms with van der Waals surface area (Å²) in [7, 11) is 1.61. The van der Waals surface area contributed by atoms with Crippen molar-refractivity contribution in [2.45, 2.75) is 18.6 Å². The third-order valence-corrected chi connectivity index (χ3v) is 3.72. The van der Waals surface area contributed by atoms with Crippen LogP contribution in [0.3, 0.4) is 0 Å². The summed E-state index contributed by atoms with van der Waals surface area (Å²) in [6, 6.07) is 19.1. The summed E-state index contributed by atoms with van der Waals surface area (Å²) < 4.78 is 5.40. The molecule has 3 N–H and O–H groups in total. The molecule has 2 amide bonds. The van der Waals surface area contributed by atoms with Gasteiger partial charge in [-0.3, -0.25) is 0 Å². The molecule has 0 saturated carbocycles. The van der Waals surface area contributed by atoms with Gasteiger partial charge in [-0.2, -0.15) is 0 Å². The van der Waals surface area contributed by atoms with Gasteiger partial charge in [-0.25, -0.2) is 4.79 Å². The molecule has 5 heteroatoms. The van der Waals surface area contributed by atoms with Crippen molar-refractivity contribution in [3.63, 3.8) is 0 Å². The van der Waals surface area contributed by atoms with Crippen LogP contribution in [0.2, 0.25) is 0 Å². The second kappa shape index (κ2) is 9.70. The zero-order valence-corrected chi connectivity index (χ0v) is 13.8. The summed E-state index contributed by atoms with van der Waals surface area (Å²) in [6.07, 6.45) is -0.317. The molecule has 24 heavy (non-hydrogen) atoms. The Balaban J connectivity index is 1.71. The van der Waals surface area contributed by atoms with E-state index in [4.69, 9.17) is 4.74 Å². The SMILES string of the molecule is COC(CNC(=O)NCC(O)Cc1ccccc1)c1ccccc1. The minimum atomic E-state index is -0.620. The van der Waals surface area contributed by atoms with Crippen LogP contribution >= 0.6 is 0 Å². The Kier molecular flexibility index (Phi) is 7.26. The van der Waals surface area contributed by atoms with Gasteiger partial charge in [0.25, 0.3) is 0 Å². The predicted molar refractivity (Wildman–Crippen MR) is 93.7 cm³/mol. The lowest BCUT2D eigenvalue weighted by molar-refractivity contribution is 0.103. The molecule has 0 fully saturated rings. The Morgan fingerprint density at radius 2 is 1.58 bits per heavy atom. The fourth-order valence-electron chi connectivity index (χ4n) is 2.42. The first-order valence-corrected chi connectivity index (χ1v) is 8.00. The first-order valence-electron chi connectivity index (χ1n) is 8.00. The molecule has 0 aliphatic heterocycles. The monoisotopic (exact) mass is 328 g/mol. The maximum atomic E-state index is 11.9. The van der Waals surface area contributed by atoms with Crippen LogP contribution in [-0.4, -0.2) is 37.4 Å². The second-order valence-electron chi connectivity index (χ2n) is 5.57. The predicted octanol–water partition coefficient (Wildman–Crippen LogP) is 2.28. The number of nitrogens with one attached hydrogen (secondary N) is 2. The van der Waals surface area contributed by atoms with Crippen molar-refractivity contribution in [2.24, 2.45) is 0 Å². The van der Waals surface area contributed by atoms with Gasteiger partial charge >= 0.3 is 6.03 Å². The third kappa shape index (κ3) is 6.02. The Morgan fingerprint density at radius 3 is 2.21 bits per heavy atom. The highest BCUT2D eigenvalue weighted by Gasteiger charge is 2.12. The van der Waals surface area contributed by atoms with Gasteiger partial charge in [-0.1, -0.05) is 60.7 Å². The first-order chi connectivity index (χ1) is 11.7. The topological polar surface area (TPSA) is 70.6 Å². The summed E-state index contributed by atoms with van der Waals surface area (Å²) in [4.78, 5) is 11.9. The Labute approximate surface area is 142 Å². The number of methoxy groups -OCH3 is 1. The number of ether oxygens (including phenoxy) is 1. The molecule has 0 saturated heterocycles. The van der Waals surface area contributed by atoms with Gasteiger partial charge in [0.15, 0.2) is 0 Å². The maximum absolute atomic E-state index is 11.9. The average molecular weight is 328 g/mol. The number of hydrogen-bond donors (Lipinski definition) is 3. The van der Waals surface area contributed by atoms with Gasteiger partial charge < -0.3 is 20.5 Å². The van der Waals surface area contributed by atoms with E-state index in [1.54, 1.807) is 7.11 Å². The minimum Gasteiger partial charge on any atom is -0.391 e. The molecule has 0 aliphatic carbocycles. The molecule has 0 aliphatic rings. The first kappa shape index (κ1) is 18.0. The summed E-state index contributed by atoms with van der Waals surface area (Å²) in [5.74, 6) is 0. The van der Waals surface area contributed by atoms with E-state index in [0.29, 0.717) is 13.0 Å². The van der Waals surface area contributed by atoms with E-state index in [1.807, 2.05) is 60.7 Å².